The first-order valence-electron chi connectivity index (χ1n) is 19.6. The van der Waals surface area contributed by atoms with Crippen molar-refractivity contribution in [1.29, 1.82) is 0 Å². The van der Waals surface area contributed by atoms with E-state index in [1.54, 1.807) is 0 Å². The van der Waals surface area contributed by atoms with Gasteiger partial charge in [0, 0.05) is 71.9 Å². The lowest BCUT2D eigenvalue weighted by Gasteiger charge is -2.27. The lowest BCUT2D eigenvalue weighted by Crippen LogP contribution is -2.10. The number of thiophene rings is 3. The molecule has 1 nitrogen and oxygen atoms in total. The maximum absolute atomic E-state index is 2.52. The van der Waals surface area contributed by atoms with E-state index in [0.29, 0.717) is 0 Å². The zero-order chi connectivity index (χ0) is 38.2. The summed E-state index contributed by atoms with van der Waals surface area (Å²) in [4.78, 5) is 2.52. The molecule has 0 bridgehead atoms. The molecule has 0 fully saturated rings. The SMILES string of the molecule is c1ccc(-c2cc(-c3ccccc3)c3c(c2)sc2ccc(N(c4ccc5c(c4)sc4ccccc45)c4ccc(-c5ccccc5)c5sc6ccccc6c45)cc23)cc1. The van der Waals surface area contributed by atoms with Crippen LogP contribution in [0.3, 0.4) is 0 Å². The van der Waals surface area contributed by atoms with Gasteiger partial charge in [0.15, 0.2) is 0 Å². The maximum atomic E-state index is 2.52. The summed E-state index contributed by atoms with van der Waals surface area (Å²) in [6.45, 7) is 0. The number of benzene rings is 9. The lowest BCUT2D eigenvalue weighted by atomic mass is 9.94. The van der Waals surface area contributed by atoms with E-state index >= 15 is 0 Å². The fraction of sp³-hybridized carbons (Fsp3) is 0. The van der Waals surface area contributed by atoms with Gasteiger partial charge in [0.25, 0.3) is 0 Å². The Hall–Kier alpha value is -6.56. The van der Waals surface area contributed by atoms with Crippen LogP contribution in [0.4, 0.5) is 17.1 Å². The van der Waals surface area contributed by atoms with Gasteiger partial charge in [-0.05, 0) is 94.0 Å². The Morgan fingerprint density at radius 1 is 0.293 bits per heavy atom. The van der Waals surface area contributed by atoms with Crippen LogP contribution in [0.25, 0.3) is 93.9 Å². The van der Waals surface area contributed by atoms with Crippen LogP contribution in [0, 0.1) is 0 Å². The van der Waals surface area contributed by atoms with Crippen molar-refractivity contribution >= 4 is 112 Å². The van der Waals surface area contributed by atoms with Crippen molar-refractivity contribution in [2.75, 3.05) is 4.90 Å². The van der Waals surface area contributed by atoms with Crippen LogP contribution in [0.2, 0.25) is 0 Å². The van der Waals surface area contributed by atoms with Crippen LogP contribution in [0.1, 0.15) is 0 Å². The average Bonchev–Trinajstić information content (AvgIpc) is 3.98. The third-order valence-electron chi connectivity index (χ3n) is 11.5. The summed E-state index contributed by atoms with van der Waals surface area (Å²) in [6.07, 6.45) is 0. The Labute approximate surface area is 347 Å². The van der Waals surface area contributed by atoms with Gasteiger partial charge in [0.2, 0.25) is 0 Å². The van der Waals surface area contributed by atoms with Gasteiger partial charge in [-0.15, -0.1) is 34.0 Å². The molecule has 0 N–H and O–H groups in total. The maximum Gasteiger partial charge on any atom is 0.0555 e. The van der Waals surface area contributed by atoms with Crippen molar-refractivity contribution in [3.05, 3.63) is 200 Å². The Morgan fingerprint density at radius 3 is 1.62 bits per heavy atom. The molecule has 0 saturated carbocycles. The predicted molar refractivity (Wildman–Crippen MR) is 256 cm³/mol. The van der Waals surface area contributed by atoms with Gasteiger partial charge < -0.3 is 4.90 Å². The minimum Gasteiger partial charge on any atom is -0.310 e. The highest BCUT2D eigenvalue weighted by molar-refractivity contribution is 7.27. The molecule has 4 heteroatoms. The van der Waals surface area contributed by atoms with E-state index in [9.17, 15) is 0 Å². The Morgan fingerprint density at radius 2 is 0.862 bits per heavy atom. The summed E-state index contributed by atoms with van der Waals surface area (Å²) in [5.74, 6) is 0. The molecule has 3 aromatic heterocycles. The second-order valence-corrected chi connectivity index (χ2v) is 18.0. The second kappa shape index (κ2) is 13.5. The molecule has 12 rings (SSSR count). The summed E-state index contributed by atoms with van der Waals surface area (Å²) < 4.78 is 7.78. The summed E-state index contributed by atoms with van der Waals surface area (Å²) >= 11 is 5.65. The first kappa shape index (κ1) is 33.6. The summed E-state index contributed by atoms with van der Waals surface area (Å²) in [7, 11) is 0. The van der Waals surface area contributed by atoms with E-state index in [-0.39, 0.29) is 0 Å². The van der Waals surface area contributed by atoms with Gasteiger partial charge in [-0.1, -0.05) is 140 Å². The molecular formula is C54H33NS3. The van der Waals surface area contributed by atoms with Gasteiger partial charge in [0.05, 0.1) is 5.69 Å². The van der Waals surface area contributed by atoms with Gasteiger partial charge in [0.1, 0.15) is 0 Å². The van der Waals surface area contributed by atoms with E-state index in [4.69, 9.17) is 0 Å². The second-order valence-electron chi connectivity index (χ2n) is 14.8. The van der Waals surface area contributed by atoms with Crippen LogP contribution in [-0.2, 0) is 0 Å². The van der Waals surface area contributed by atoms with E-state index < -0.39 is 0 Å². The standard InChI is InChI=1S/C54H33NS3/c1-4-14-34(15-5-1)37-30-44(36-18-8-3-9-19-36)52-45-32-38(25-29-49(45)57-51(52)31-37)55(39-24-26-42-41-20-10-12-22-47(41)56-50(42)33-39)46-28-27-40(35-16-6-2-7-17-35)54-53(46)43-21-11-13-23-48(43)58-54/h1-33H. The van der Waals surface area contributed by atoms with Crippen molar-refractivity contribution in [3.63, 3.8) is 0 Å². The summed E-state index contributed by atoms with van der Waals surface area (Å²) in [5.41, 5.74) is 10.9. The normalized spacial score (nSPS) is 11.8. The first-order valence-corrected chi connectivity index (χ1v) is 22.0. The number of fused-ring (bicyclic) bond motifs is 9. The molecule has 3 heterocycles. The molecule has 0 aliphatic carbocycles. The minimum absolute atomic E-state index is 1.14. The minimum atomic E-state index is 1.14. The number of rotatable bonds is 6. The van der Waals surface area contributed by atoms with Crippen LogP contribution in [0.15, 0.2) is 200 Å². The molecule has 0 aliphatic rings. The largest absolute Gasteiger partial charge is 0.310 e. The molecule has 12 aromatic rings. The first-order chi connectivity index (χ1) is 28.7. The molecule has 0 aliphatic heterocycles. The van der Waals surface area contributed by atoms with Crippen molar-refractivity contribution < 1.29 is 0 Å². The smallest absolute Gasteiger partial charge is 0.0555 e. The van der Waals surface area contributed by atoms with Gasteiger partial charge in [-0.25, -0.2) is 0 Å². The molecule has 0 saturated heterocycles. The quantitative estimate of drug-likeness (QED) is 0.162. The van der Waals surface area contributed by atoms with Crippen LogP contribution in [0.5, 0.6) is 0 Å². The van der Waals surface area contributed by atoms with Gasteiger partial charge >= 0.3 is 0 Å². The Kier molecular flexibility index (Phi) is 7.83. The van der Waals surface area contributed by atoms with Crippen molar-refractivity contribution in [1.82, 2.24) is 0 Å². The zero-order valence-corrected chi connectivity index (χ0v) is 33.7. The highest BCUT2D eigenvalue weighted by Crippen LogP contribution is 2.51. The van der Waals surface area contributed by atoms with E-state index in [1.165, 1.54) is 99.6 Å². The molecule has 0 atom stereocenters. The average molecular weight is 792 g/mol. The van der Waals surface area contributed by atoms with E-state index in [0.717, 1.165) is 11.4 Å². The van der Waals surface area contributed by atoms with E-state index in [2.05, 4.69) is 205 Å². The number of nitrogens with zero attached hydrogens (tertiary/aromatic N) is 1. The third-order valence-corrected chi connectivity index (χ3v) is 14.9. The van der Waals surface area contributed by atoms with Crippen LogP contribution >= 0.6 is 34.0 Å². The highest BCUT2D eigenvalue weighted by atomic mass is 32.1. The van der Waals surface area contributed by atoms with E-state index in [1.807, 2.05) is 34.0 Å². The zero-order valence-electron chi connectivity index (χ0n) is 31.2. The van der Waals surface area contributed by atoms with Gasteiger partial charge in [-0.3, -0.25) is 0 Å². The lowest BCUT2D eigenvalue weighted by molar-refractivity contribution is 1.32. The molecule has 58 heavy (non-hydrogen) atoms. The van der Waals surface area contributed by atoms with Crippen molar-refractivity contribution in [2.45, 2.75) is 0 Å². The van der Waals surface area contributed by atoms with Crippen LogP contribution < -0.4 is 4.90 Å². The van der Waals surface area contributed by atoms with Crippen LogP contribution in [-0.4, -0.2) is 0 Å². The monoisotopic (exact) mass is 791 g/mol. The molecular weight excluding hydrogens is 759 g/mol. The predicted octanol–water partition coefficient (Wildman–Crippen LogP) is 17.3. The molecule has 0 radical (unpaired) electrons. The van der Waals surface area contributed by atoms with Crippen molar-refractivity contribution in [3.8, 4) is 33.4 Å². The Balaban J connectivity index is 1.15. The molecule has 0 amide bonds. The Bertz CT molecular complexity index is 3500. The number of hydrogen-bond acceptors (Lipinski definition) is 4. The van der Waals surface area contributed by atoms with Gasteiger partial charge in [-0.2, -0.15) is 0 Å². The fourth-order valence-electron chi connectivity index (χ4n) is 8.80. The molecule has 0 unspecified atom stereocenters. The number of hydrogen-bond donors (Lipinski definition) is 0. The van der Waals surface area contributed by atoms with Crippen molar-refractivity contribution in [2.24, 2.45) is 0 Å². The highest BCUT2D eigenvalue weighted by Gasteiger charge is 2.23. The molecule has 9 aromatic carbocycles. The number of anilines is 3. The topological polar surface area (TPSA) is 3.24 Å². The molecule has 272 valence electrons. The fourth-order valence-corrected chi connectivity index (χ4v) is 12.3. The molecule has 0 spiro atoms. The third kappa shape index (κ3) is 5.41. The summed E-state index contributed by atoms with van der Waals surface area (Å²) in [6, 6.07) is 73.9. The summed E-state index contributed by atoms with van der Waals surface area (Å²) in [5, 5.41) is 7.76.